The van der Waals surface area contributed by atoms with Crippen LogP contribution in [-0.4, -0.2) is 30.8 Å². The molecule has 7 heteroatoms. The fourth-order valence-electron chi connectivity index (χ4n) is 2.70. The molecule has 0 aliphatic carbocycles. The zero-order valence-electron chi connectivity index (χ0n) is 13.4. The SMILES string of the molecule is CCCCOC1CCN(c2nc(C(F)(F)F)ccc2CN)CC1. The van der Waals surface area contributed by atoms with Crippen molar-refractivity contribution in [3.05, 3.63) is 23.4 Å². The highest BCUT2D eigenvalue weighted by Gasteiger charge is 2.34. The van der Waals surface area contributed by atoms with Crippen LogP contribution in [0.4, 0.5) is 19.0 Å². The van der Waals surface area contributed by atoms with Gasteiger partial charge in [0, 0.05) is 31.8 Å². The van der Waals surface area contributed by atoms with Crippen LogP contribution in [0.3, 0.4) is 0 Å². The van der Waals surface area contributed by atoms with Gasteiger partial charge in [-0.1, -0.05) is 19.4 Å². The second-order valence-electron chi connectivity index (χ2n) is 5.79. The molecule has 1 fully saturated rings. The second kappa shape index (κ2) is 7.97. The van der Waals surface area contributed by atoms with E-state index < -0.39 is 11.9 Å². The molecule has 0 atom stereocenters. The number of alkyl halides is 3. The summed E-state index contributed by atoms with van der Waals surface area (Å²) in [6.07, 6.45) is -0.537. The molecule has 0 radical (unpaired) electrons. The van der Waals surface area contributed by atoms with Crippen LogP contribution >= 0.6 is 0 Å². The van der Waals surface area contributed by atoms with Gasteiger partial charge < -0.3 is 15.4 Å². The van der Waals surface area contributed by atoms with Gasteiger partial charge in [0.05, 0.1) is 6.10 Å². The molecule has 0 aromatic carbocycles. The summed E-state index contributed by atoms with van der Waals surface area (Å²) in [7, 11) is 0. The van der Waals surface area contributed by atoms with E-state index >= 15 is 0 Å². The second-order valence-corrected chi connectivity index (χ2v) is 5.79. The third-order valence-electron chi connectivity index (χ3n) is 4.06. The molecular weight excluding hydrogens is 307 g/mol. The van der Waals surface area contributed by atoms with Gasteiger partial charge >= 0.3 is 6.18 Å². The number of rotatable bonds is 6. The maximum absolute atomic E-state index is 12.9. The fraction of sp³-hybridized carbons (Fsp3) is 0.688. The lowest BCUT2D eigenvalue weighted by atomic mass is 10.1. The van der Waals surface area contributed by atoms with Crippen LogP contribution in [0.15, 0.2) is 12.1 Å². The summed E-state index contributed by atoms with van der Waals surface area (Å²) >= 11 is 0. The topological polar surface area (TPSA) is 51.4 Å². The molecule has 1 aromatic heterocycles. The first-order valence-corrected chi connectivity index (χ1v) is 8.09. The third kappa shape index (κ3) is 4.81. The van der Waals surface area contributed by atoms with Crippen molar-refractivity contribution in [2.75, 3.05) is 24.6 Å². The van der Waals surface area contributed by atoms with E-state index in [1.807, 2.05) is 4.90 Å². The number of nitrogens with two attached hydrogens (primary N) is 1. The fourth-order valence-corrected chi connectivity index (χ4v) is 2.70. The number of piperidine rings is 1. The van der Waals surface area contributed by atoms with Gasteiger partial charge in [-0.3, -0.25) is 0 Å². The summed E-state index contributed by atoms with van der Waals surface area (Å²) < 4.78 is 44.4. The van der Waals surface area contributed by atoms with Crippen LogP contribution < -0.4 is 10.6 Å². The average molecular weight is 331 g/mol. The summed E-state index contributed by atoms with van der Waals surface area (Å²) in [6, 6.07) is 2.42. The number of ether oxygens (including phenoxy) is 1. The van der Waals surface area contributed by atoms with Gasteiger partial charge in [0.2, 0.25) is 0 Å². The Morgan fingerprint density at radius 1 is 1.30 bits per heavy atom. The molecule has 130 valence electrons. The minimum absolute atomic E-state index is 0.174. The van der Waals surface area contributed by atoms with Crippen LogP contribution in [0.1, 0.15) is 43.9 Å². The first-order chi connectivity index (χ1) is 11.0. The van der Waals surface area contributed by atoms with Crippen LogP contribution in [-0.2, 0) is 17.5 Å². The van der Waals surface area contributed by atoms with Crippen LogP contribution in [0.25, 0.3) is 0 Å². The Morgan fingerprint density at radius 2 is 2.00 bits per heavy atom. The molecule has 23 heavy (non-hydrogen) atoms. The highest BCUT2D eigenvalue weighted by Crippen LogP contribution is 2.31. The van der Waals surface area contributed by atoms with E-state index in [1.165, 1.54) is 6.07 Å². The average Bonchev–Trinajstić information content (AvgIpc) is 2.54. The summed E-state index contributed by atoms with van der Waals surface area (Å²) in [5, 5.41) is 0. The number of aromatic nitrogens is 1. The van der Waals surface area contributed by atoms with Crippen molar-refractivity contribution < 1.29 is 17.9 Å². The van der Waals surface area contributed by atoms with E-state index in [0.29, 0.717) is 24.5 Å². The Bertz CT molecular complexity index is 500. The Hall–Kier alpha value is -1.34. The Morgan fingerprint density at radius 3 is 2.57 bits per heavy atom. The number of anilines is 1. The number of hydrogen-bond acceptors (Lipinski definition) is 4. The molecule has 0 spiro atoms. The lowest BCUT2D eigenvalue weighted by Gasteiger charge is -2.34. The summed E-state index contributed by atoms with van der Waals surface area (Å²) in [5.74, 6) is 0.356. The highest BCUT2D eigenvalue weighted by molar-refractivity contribution is 5.48. The number of nitrogens with zero attached hydrogens (tertiary/aromatic N) is 2. The van der Waals surface area contributed by atoms with Crippen molar-refractivity contribution in [2.24, 2.45) is 5.73 Å². The molecule has 4 nitrogen and oxygen atoms in total. The summed E-state index contributed by atoms with van der Waals surface area (Å²) in [6.45, 7) is 4.31. The van der Waals surface area contributed by atoms with Crippen LogP contribution in [0.2, 0.25) is 0 Å². The molecule has 2 heterocycles. The van der Waals surface area contributed by atoms with E-state index in [1.54, 1.807) is 0 Å². The molecule has 0 amide bonds. The van der Waals surface area contributed by atoms with Gasteiger partial charge in [-0.15, -0.1) is 0 Å². The standard InChI is InChI=1S/C16H24F3N3O/c1-2-3-10-23-13-6-8-22(9-7-13)15-12(11-20)4-5-14(21-15)16(17,18)19/h4-5,13H,2-3,6-11,20H2,1H3. The Labute approximate surface area is 134 Å². The van der Waals surface area contributed by atoms with Gasteiger partial charge in [-0.2, -0.15) is 13.2 Å². The molecule has 2 N–H and O–H groups in total. The monoisotopic (exact) mass is 331 g/mol. The molecular formula is C16H24F3N3O. The molecule has 1 aliphatic rings. The van der Waals surface area contributed by atoms with Gasteiger partial charge in [-0.05, 0) is 25.3 Å². The predicted molar refractivity (Wildman–Crippen MR) is 83.2 cm³/mol. The van der Waals surface area contributed by atoms with E-state index in [2.05, 4.69) is 11.9 Å². The largest absolute Gasteiger partial charge is 0.433 e. The van der Waals surface area contributed by atoms with Gasteiger partial charge in [0.25, 0.3) is 0 Å². The number of unbranched alkanes of at least 4 members (excludes halogenated alkanes) is 1. The zero-order valence-corrected chi connectivity index (χ0v) is 13.4. The molecule has 0 unspecified atom stereocenters. The van der Waals surface area contributed by atoms with Crippen LogP contribution in [0.5, 0.6) is 0 Å². The first-order valence-electron chi connectivity index (χ1n) is 8.09. The number of halogens is 3. The van der Waals surface area contributed by atoms with Crippen molar-refractivity contribution in [2.45, 2.75) is 51.4 Å². The van der Waals surface area contributed by atoms with Crippen molar-refractivity contribution in [1.29, 1.82) is 0 Å². The lowest BCUT2D eigenvalue weighted by molar-refractivity contribution is -0.141. The molecule has 1 aromatic rings. The van der Waals surface area contributed by atoms with Gasteiger partial charge in [0.15, 0.2) is 0 Å². The third-order valence-corrected chi connectivity index (χ3v) is 4.06. The predicted octanol–water partition coefficient (Wildman–Crippen LogP) is 3.34. The minimum atomic E-state index is -4.44. The van der Waals surface area contributed by atoms with E-state index in [9.17, 15) is 13.2 Å². The Balaban J connectivity index is 2.04. The Kier molecular flexibility index (Phi) is 6.24. The summed E-state index contributed by atoms with van der Waals surface area (Å²) in [5.41, 5.74) is 5.42. The molecule has 0 saturated carbocycles. The quantitative estimate of drug-likeness (QED) is 0.812. The lowest BCUT2D eigenvalue weighted by Crippen LogP contribution is -2.38. The maximum atomic E-state index is 12.9. The van der Waals surface area contributed by atoms with E-state index in [4.69, 9.17) is 10.5 Å². The normalized spacial score (nSPS) is 16.8. The minimum Gasteiger partial charge on any atom is -0.378 e. The maximum Gasteiger partial charge on any atom is 0.433 e. The van der Waals surface area contributed by atoms with E-state index in [-0.39, 0.29) is 12.6 Å². The van der Waals surface area contributed by atoms with Gasteiger partial charge in [-0.25, -0.2) is 4.98 Å². The molecule has 1 aliphatic heterocycles. The van der Waals surface area contributed by atoms with Crippen LogP contribution in [0, 0.1) is 0 Å². The molecule has 0 bridgehead atoms. The van der Waals surface area contributed by atoms with Crippen molar-refractivity contribution in [3.8, 4) is 0 Å². The molecule has 1 saturated heterocycles. The smallest absolute Gasteiger partial charge is 0.378 e. The number of hydrogen-bond donors (Lipinski definition) is 1. The van der Waals surface area contributed by atoms with Crippen molar-refractivity contribution in [1.82, 2.24) is 4.98 Å². The molecule has 2 rings (SSSR count). The van der Waals surface area contributed by atoms with Crippen molar-refractivity contribution in [3.63, 3.8) is 0 Å². The first kappa shape index (κ1) is 18.0. The summed E-state index contributed by atoms with van der Waals surface area (Å²) in [4.78, 5) is 5.71. The zero-order chi connectivity index (χ0) is 16.9. The van der Waals surface area contributed by atoms with Crippen molar-refractivity contribution >= 4 is 5.82 Å². The highest BCUT2D eigenvalue weighted by atomic mass is 19.4. The van der Waals surface area contributed by atoms with E-state index in [0.717, 1.165) is 38.4 Å². The number of pyridine rings is 1. The van der Waals surface area contributed by atoms with Gasteiger partial charge in [0.1, 0.15) is 11.5 Å².